The zero-order valence-corrected chi connectivity index (χ0v) is 8.96. The van der Waals surface area contributed by atoms with Crippen molar-refractivity contribution in [3.05, 3.63) is 0 Å². The molecule has 2 unspecified atom stereocenters. The monoisotopic (exact) mass is 214 g/mol. The predicted octanol–water partition coefficient (Wildman–Crippen LogP) is 2.35. The maximum Gasteiger partial charge on any atom is 0.328 e. The Kier molecular flexibility index (Phi) is 3.50. The van der Waals surface area contributed by atoms with Gasteiger partial charge in [0.15, 0.2) is 5.79 Å². The van der Waals surface area contributed by atoms with E-state index in [1.165, 1.54) is 0 Å². The summed E-state index contributed by atoms with van der Waals surface area (Å²) in [5, 5.41) is 0. The Morgan fingerprint density at radius 1 is 1.08 bits per heavy atom. The van der Waals surface area contributed by atoms with E-state index in [0.29, 0.717) is 12.8 Å². The van der Waals surface area contributed by atoms with Gasteiger partial charge in [-0.15, -0.1) is 0 Å². The first-order chi connectivity index (χ1) is 5.62. The fourth-order valence-electron chi connectivity index (χ4n) is 0.973. The van der Waals surface area contributed by atoms with Crippen LogP contribution in [-0.2, 0) is 22.5 Å². The van der Waals surface area contributed by atoms with E-state index in [9.17, 15) is 9.13 Å². The lowest BCUT2D eigenvalue weighted by Gasteiger charge is -2.33. The summed E-state index contributed by atoms with van der Waals surface area (Å²) in [4.78, 5) is 0. The van der Waals surface area contributed by atoms with Gasteiger partial charge in [0.1, 0.15) is 0 Å². The molecule has 0 aromatic carbocycles. The van der Waals surface area contributed by atoms with Gasteiger partial charge >= 0.3 is 16.5 Å². The zero-order valence-electron chi connectivity index (χ0n) is 6.96. The molecule has 0 saturated carbocycles. The molecule has 72 valence electrons. The molecule has 0 amide bonds. The highest BCUT2D eigenvalue weighted by Gasteiger charge is 2.37. The quantitative estimate of drug-likeness (QED) is 0.660. The molecule has 1 heterocycles. The zero-order chi connectivity index (χ0) is 9.19. The number of hydrogen-bond acceptors (Lipinski definition) is 5. The minimum atomic E-state index is -2.61. The summed E-state index contributed by atoms with van der Waals surface area (Å²) in [5.74, 6) is -0.954. The Balaban J connectivity index is 2.76. The summed E-state index contributed by atoms with van der Waals surface area (Å²) in [5.41, 5.74) is 0. The Morgan fingerprint density at radius 3 is 1.83 bits per heavy atom. The van der Waals surface area contributed by atoms with Gasteiger partial charge < -0.3 is 0 Å². The summed E-state index contributed by atoms with van der Waals surface area (Å²) in [6, 6.07) is 0. The topological polar surface area (TPSA) is 61.8 Å². The third kappa shape index (κ3) is 2.18. The summed E-state index contributed by atoms with van der Waals surface area (Å²) in [6.07, 6.45) is 1.03. The van der Waals surface area contributed by atoms with E-state index in [2.05, 4.69) is 4.31 Å². The molecule has 1 rings (SSSR count). The molecule has 0 N–H and O–H groups in total. The first-order valence-corrected chi connectivity index (χ1v) is 6.20. The molecular weight excluding hydrogens is 202 g/mol. The molecular formula is C5H12O5P2. The van der Waals surface area contributed by atoms with Crippen molar-refractivity contribution in [2.24, 2.45) is 0 Å². The molecule has 1 fully saturated rings. The molecule has 2 atom stereocenters. The fraction of sp³-hybridized carbons (Fsp3) is 1.00. The van der Waals surface area contributed by atoms with Crippen LogP contribution >= 0.6 is 16.5 Å². The van der Waals surface area contributed by atoms with E-state index < -0.39 is 22.3 Å². The SMILES string of the molecule is CCC1(CC)O[PH](=O)O[PH](=O)O1. The highest BCUT2D eigenvalue weighted by Crippen LogP contribution is 2.53. The van der Waals surface area contributed by atoms with Crippen LogP contribution < -0.4 is 0 Å². The largest absolute Gasteiger partial charge is 0.328 e. The lowest BCUT2D eigenvalue weighted by molar-refractivity contribution is -0.132. The number of rotatable bonds is 2. The van der Waals surface area contributed by atoms with Gasteiger partial charge in [0.25, 0.3) is 0 Å². The van der Waals surface area contributed by atoms with Crippen molar-refractivity contribution in [1.82, 2.24) is 0 Å². The van der Waals surface area contributed by atoms with E-state index in [4.69, 9.17) is 9.05 Å². The van der Waals surface area contributed by atoms with Crippen molar-refractivity contribution in [3.63, 3.8) is 0 Å². The maximum absolute atomic E-state index is 10.9. The average molecular weight is 214 g/mol. The molecule has 1 saturated heterocycles. The van der Waals surface area contributed by atoms with E-state index in [1.54, 1.807) is 0 Å². The normalized spacial score (nSPS) is 34.8. The Morgan fingerprint density at radius 2 is 1.50 bits per heavy atom. The maximum atomic E-state index is 10.9. The van der Waals surface area contributed by atoms with E-state index in [0.717, 1.165) is 0 Å². The standard InChI is InChI=1S/C5H12O5P2/c1-3-5(4-2)8-11(6)10-12(7)9-5/h11-12H,3-4H2,1-2H3. The van der Waals surface area contributed by atoms with Crippen molar-refractivity contribution in [1.29, 1.82) is 0 Å². The summed E-state index contributed by atoms with van der Waals surface area (Å²) >= 11 is 0. The van der Waals surface area contributed by atoms with E-state index >= 15 is 0 Å². The highest BCUT2D eigenvalue weighted by atomic mass is 31.2. The third-order valence-corrected chi connectivity index (χ3v) is 4.19. The van der Waals surface area contributed by atoms with E-state index in [-0.39, 0.29) is 0 Å². The minimum Gasteiger partial charge on any atom is -0.277 e. The second kappa shape index (κ2) is 4.03. The third-order valence-electron chi connectivity index (χ3n) is 1.78. The van der Waals surface area contributed by atoms with Crippen LogP contribution in [0, 0.1) is 0 Å². The molecule has 0 radical (unpaired) electrons. The van der Waals surface area contributed by atoms with Gasteiger partial charge in [0.05, 0.1) is 0 Å². The first kappa shape index (κ1) is 10.4. The number of hydrogen-bond donors (Lipinski definition) is 0. The fourth-order valence-corrected chi connectivity index (χ4v) is 3.20. The predicted molar refractivity (Wildman–Crippen MR) is 44.6 cm³/mol. The van der Waals surface area contributed by atoms with Gasteiger partial charge in [-0.2, -0.15) is 0 Å². The van der Waals surface area contributed by atoms with Crippen LogP contribution in [0.4, 0.5) is 0 Å². The molecule has 7 heteroatoms. The molecule has 1 aliphatic rings. The second-order valence-electron chi connectivity index (χ2n) is 2.42. The molecule has 0 spiro atoms. The minimum absolute atomic E-state index is 0.514. The van der Waals surface area contributed by atoms with Crippen LogP contribution in [0.1, 0.15) is 26.7 Å². The Bertz CT molecular complexity index is 194. The second-order valence-corrected chi connectivity index (χ2v) is 4.65. The van der Waals surface area contributed by atoms with Gasteiger partial charge in [0, 0.05) is 0 Å². The van der Waals surface area contributed by atoms with Gasteiger partial charge in [-0.05, 0) is 12.8 Å². The van der Waals surface area contributed by atoms with Crippen LogP contribution in [0.5, 0.6) is 0 Å². The molecule has 0 bridgehead atoms. The van der Waals surface area contributed by atoms with Gasteiger partial charge in [-0.1, -0.05) is 13.8 Å². The molecule has 0 aromatic heterocycles. The van der Waals surface area contributed by atoms with Crippen molar-refractivity contribution < 1.29 is 22.5 Å². The lowest BCUT2D eigenvalue weighted by Crippen LogP contribution is -2.31. The summed E-state index contributed by atoms with van der Waals surface area (Å²) < 4.78 is 36.1. The summed E-state index contributed by atoms with van der Waals surface area (Å²) in [7, 11) is -5.23. The van der Waals surface area contributed by atoms with Crippen LogP contribution in [0.2, 0.25) is 0 Å². The van der Waals surface area contributed by atoms with Gasteiger partial charge in [-0.25, -0.2) is 4.31 Å². The van der Waals surface area contributed by atoms with Crippen LogP contribution in [-0.4, -0.2) is 5.79 Å². The molecule has 1 aliphatic heterocycles. The van der Waals surface area contributed by atoms with Crippen molar-refractivity contribution in [2.75, 3.05) is 0 Å². The molecule has 12 heavy (non-hydrogen) atoms. The molecule has 0 aliphatic carbocycles. The van der Waals surface area contributed by atoms with Crippen molar-refractivity contribution in [2.45, 2.75) is 32.5 Å². The molecule has 0 aromatic rings. The Hall–Kier alpha value is 0.340. The van der Waals surface area contributed by atoms with Crippen LogP contribution in [0.3, 0.4) is 0 Å². The average Bonchev–Trinajstić information content (AvgIpc) is 2.02. The lowest BCUT2D eigenvalue weighted by atomic mass is 10.2. The smallest absolute Gasteiger partial charge is 0.277 e. The van der Waals surface area contributed by atoms with Gasteiger partial charge in [-0.3, -0.25) is 18.2 Å². The summed E-state index contributed by atoms with van der Waals surface area (Å²) in [6.45, 7) is 3.64. The van der Waals surface area contributed by atoms with Crippen molar-refractivity contribution in [3.8, 4) is 0 Å². The van der Waals surface area contributed by atoms with E-state index in [1.807, 2.05) is 13.8 Å². The first-order valence-electron chi connectivity index (χ1n) is 3.75. The van der Waals surface area contributed by atoms with Crippen molar-refractivity contribution >= 4 is 16.5 Å². The highest BCUT2D eigenvalue weighted by molar-refractivity contribution is 7.48. The van der Waals surface area contributed by atoms with Gasteiger partial charge in [0.2, 0.25) is 0 Å². The van der Waals surface area contributed by atoms with Crippen LogP contribution in [0.15, 0.2) is 0 Å². The Labute approximate surface area is 72.3 Å². The molecule has 5 nitrogen and oxygen atoms in total. The van der Waals surface area contributed by atoms with Crippen LogP contribution in [0.25, 0.3) is 0 Å².